The smallest absolute Gasteiger partial charge is 0.425 e. The lowest BCUT2D eigenvalue weighted by atomic mass is 9.77. The fourth-order valence-electron chi connectivity index (χ4n) is 3.18. The first-order valence-corrected chi connectivity index (χ1v) is 9.18. The molecule has 1 aliphatic heterocycles. The van der Waals surface area contributed by atoms with Gasteiger partial charge in [0.15, 0.2) is 11.9 Å². The summed E-state index contributed by atoms with van der Waals surface area (Å²) in [7, 11) is 1.51. The van der Waals surface area contributed by atoms with Gasteiger partial charge in [-0.3, -0.25) is 14.6 Å². The van der Waals surface area contributed by atoms with Crippen molar-refractivity contribution < 1.29 is 32.2 Å². The van der Waals surface area contributed by atoms with Crippen LogP contribution >= 0.6 is 0 Å². The van der Waals surface area contributed by atoms with Crippen LogP contribution in [0.25, 0.3) is 0 Å². The van der Waals surface area contributed by atoms with Crippen LogP contribution in [0.4, 0.5) is 13.2 Å². The molecule has 9 heteroatoms. The third kappa shape index (κ3) is 4.63. The van der Waals surface area contributed by atoms with Crippen molar-refractivity contribution >= 4 is 11.7 Å². The predicted octanol–water partition coefficient (Wildman–Crippen LogP) is 3.01. The number of nitrogens with one attached hydrogen (secondary N) is 1. The van der Waals surface area contributed by atoms with E-state index in [1.54, 1.807) is 0 Å². The molecule has 2 aliphatic rings. The molecule has 0 unspecified atom stereocenters. The highest BCUT2D eigenvalue weighted by Gasteiger charge is 2.43. The SMILES string of the molecule is CNC(=O)CC1(CC(=O)c2cc(O[C@@H](C)C(F)(F)F)c(C3CC3)cn2)COC1. The normalized spacial score (nSPS) is 19.5. The third-order valence-electron chi connectivity index (χ3n) is 5.13. The fraction of sp³-hybridized carbons (Fsp3) is 0.632. The van der Waals surface area contributed by atoms with E-state index in [4.69, 9.17) is 9.47 Å². The maximum absolute atomic E-state index is 12.9. The molecule has 1 saturated carbocycles. The van der Waals surface area contributed by atoms with Gasteiger partial charge in [0.25, 0.3) is 0 Å². The molecule has 0 spiro atoms. The molecule has 0 radical (unpaired) electrons. The van der Waals surface area contributed by atoms with Crippen molar-refractivity contribution in [1.29, 1.82) is 0 Å². The van der Waals surface area contributed by atoms with Crippen LogP contribution in [-0.4, -0.2) is 49.2 Å². The summed E-state index contributed by atoms with van der Waals surface area (Å²) < 4.78 is 49.1. The highest BCUT2D eigenvalue weighted by atomic mass is 19.4. The highest BCUT2D eigenvalue weighted by molar-refractivity contribution is 5.95. The average Bonchev–Trinajstić information content (AvgIpc) is 3.43. The van der Waals surface area contributed by atoms with E-state index < -0.39 is 17.7 Å². The molecule has 0 bridgehead atoms. The minimum absolute atomic E-state index is 0.0322. The summed E-state index contributed by atoms with van der Waals surface area (Å²) in [6.45, 7) is 1.49. The molecular weight excluding hydrogens is 377 g/mol. The topological polar surface area (TPSA) is 77.5 Å². The Bertz CT molecular complexity index is 758. The van der Waals surface area contributed by atoms with Gasteiger partial charge in [-0.15, -0.1) is 0 Å². The first-order valence-electron chi connectivity index (χ1n) is 9.18. The summed E-state index contributed by atoms with van der Waals surface area (Å²) in [5.74, 6) is -0.377. The molecule has 6 nitrogen and oxygen atoms in total. The summed E-state index contributed by atoms with van der Waals surface area (Å²) in [5, 5.41) is 2.53. The van der Waals surface area contributed by atoms with Crippen LogP contribution in [-0.2, 0) is 9.53 Å². The first-order chi connectivity index (χ1) is 13.1. The van der Waals surface area contributed by atoms with Crippen LogP contribution in [0.15, 0.2) is 12.3 Å². The van der Waals surface area contributed by atoms with Gasteiger partial charge >= 0.3 is 6.18 Å². The minimum atomic E-state index is -4.50. The zero-order chi connectivity index (χ0) is 20.5. The number of ketones is 1. The molecule has 3 rings (SSSR count). The number of alkyl halides is 3. The van der Waals surface area contributed by atoms with Gasteiger partial charge in [0.05, 0.1) is 13.2 Å². The second-order valence-electron chi connectivity index (χ2n) is 7.63. The van der Waals surface area contributed by atoms with E-state index in [9.17, 15) is 22.8 Å². The molecule has 1 atom stereocenters. The van der Waals surface area contributed by atoms with Crippen LogP contribution in [0.5, 0.6) is 5.75 Å². The second kappa shape index (κ2) is 7.69. The van der Waals surface area contributed by atoms with Gasteiger partial charge < -0.3 is 14.8 Å². The number of halogens is 3. The zero-order valence-corrected chi connectivity index (χ0v) is 15.8. The van der Waals surface area contributed by atoms with Crippen molar-refractivity contribution in [2.24, 2.45) is 5.41 Å². The molecule has 2 fully saturated rings. The van der Waals surface area contributed by atoms with E-state index in [-0.39, 0.29) is 55.1 Å². The number of hydrogen-bond acceptors (Lipinski definition) is 5. The van der Waals surface area contributed by atoms with Gasteiger partial charge in [-0.05, 0) is 25.7 Å². The Morgan fingerprint density at radius 1 is 1.36 bits per heavy atom. The second-order valence-corrected chi connectivity index (χ2v) is 7.63. The van der Waals surface area contributed by atoms with Gasteiger partial charge in [-0.25, -0.2) is 0 Å². The van der Waals surface area contributed by atoms with Crippen LogP contribution in [0.3, 0.4) is 0 Å². The largest absolute Gasteiger partial charge is 0.481 e. The van der Waals surface area contributed by atoms with Crippen molar-refractivity contribution in [2.75, 3.05) is 20.3 Å². The number of pyridine rings is 1. The highest BCUT2D eigenvalue weighted by Crippen LogP contribution is 2.45. The number of hydrogen-bond donors (Lipinski definition) is 1. The number of Topliss-reactive ketones (excluding diaryl/α,β-unsaturated/α-hetero) is 1. The van der Waals surface area contributed by atoms with Crippen LogP contribution in [0, 0.1) is 5.41 Å². The maximum atomic E-state index is 12.9. The zero-order valence-electron chi connectivity index (χ0n) is 15.8. The number of amides is 1. The Morgan fingerprint density at radius 3 is 2.54 bits per heavy atom. The summed E-state index contributed by atoms with van der Waals surface area (Å²) in [6.07, 6.45) is -3.17. The summed E-state index contributed by atoms with van der Waals surface area (Å²) in [6, 6.07) is 1.30. The number of nitrogens with zero attached hydrogens (tertiary/aromatic N) is 1. The van der Waals surface area contributed by atoms with E-state index in [0.29, 0.717) is 5.56 Å². The monoisotopic (exact) mass is 400 g/mol. The summed E-state index contributed by atoms with van der Waals surface area (Å²) in [4.78, 5) is 28.6. The number of aromatic nitrogens is 1. The standard InChI is InChI=1S/C19H23F3N2O4/c1-11(19(20,21)22)28-16-5-14(24-8-13(16)12-3-4-12)15(25)6-18(9-27-10-18)7-17(26)23-2/h5,8,11-12H,3-4,6-7,9-10H2,1-2H3,(H,23,26)/t11-/m0/s1. The van der Waals surface area contributed by atoms with Crippen molar-refractivity contribution in [3.05, 3.63) is 23.5 Å². The van der Waals surface area contributed by atoms with Gasteiger partial charge in [-0.1, -0.05) is 0 Å². The maximum Gasteiger partial charge on any atom is 0.425 e. The van der Waals surface area contributed by atoms with Crippen molar-refractivity contribution in [3.8, 4) is 5.75 Å². The van der Waals surface area contributed by atoms with Gasteiger partial charge in [0, 0.05) is 43.1 Å². The fourth-order valence-corrected chi connectivity index (χ4v) is 3.18. The van der Waals surface area contributed by atoms with Crippen molar-refractivity contribution in [3.63, 3.8) is 0 Å². The Labute approximate surface area is 160 Å². The number of carbonyl (C=O) groups excluding carboxylic acids is 2. The molecule has 154 valence electrons. The molecule has 0 aromatic carbocycles. The Kier molecular flexibility index (Phi) is 5.65. The van der Waals surface area contributed by atoms with Gasteiger partial charge in [-0.2, -0.15) is 13.2 Å². The molecule has 1 aliphatic carbocycles. The van der Waals surface area contributed by atoms with Crippen LogP contribution in [0.1, 0.15) is 54.6 Å². The predicted molar refractivity (Wildman–Crippen MR) is 93.2 cm³/mol. The lowest BCUT2D eigenvalue weighted by molar-refractivity contribution is -0.189. The summed E-state index contributed by atoms with van der Waals surface area (Å²) >= 11 is 0. The van der Waals surface area contributed by atoms with Crippen LogP contribution in [0.2, 0.25) is 0 Å². The van der Waals surface area contributed by atoms with E-state index in [1.807, 2.05) is 0 Å². The molecule has 1 amide bonds. The Hall–Kier alpha value is -2.16. The average molecular weight is 400 g/mol. The molecule has 2 heterocycles. The van der Waals surface area contributed by atoms with E-state index in [0.717, 1.165) is 19.8 Å². The molecule has 1 saturated heterocycles. The molecule has 28 heavy (non-hydrogen) atoms. The molecule has 1 aromatic heterocycles. The Balaban J connectivity index is 1.78. The van der Waals surface area contributed by atoms with Crippen LogP contribution < -0.4 is 10.1 Å². The minimum Gasteiger partial charge on any atom is -0.481 e. The number of rotatable bonds is 8. The molecule has 1 N–H and O–H groups in total. The molecular formula is C19H23F3N2O4. The van der Waals surface area contributed by atoms with E-state index >= 15 is 0 Å². The van der Waals surface area contributed by atoms with Gasteiger partial charge in [0.2, 0.25) is 5.91 Å². The van der Waals surface area contributed by atoms with Crippen molar-refractivity contribution in [1.82, 2.24) is 10.3 Å². The lowest BCUT2D eigenvalue weighted by Gasteiger charge is -2.40. The molecule has 1 aromatic rings. The summed E-state index contributed by atoms with van der Waals surface area (Å²) in [5.41, 5.74) is 0.0329. The number of ether oxygens (including phenoxy) is 2. The van der Waals surface area contributed by atoms with E-state index in [2.05, 4.69) is 10.3 Å². The van der Waals surface area contributed by atoms with Gasteiger partial charge in [0.1, 0.15) is 11.4 Å². The Morgan fingerprint density at radius 2 is 2.04 bits per heavy atom. The third-order valence-corrected chi connectivity index (χ3v) is 5.13. The first kappa shape index (κ1) is 20.6. The quantitative estimate of drug-likeness (QED) is 0.679. The van der Waals surface area contributed by atoms with E-state index in [1.165, 1.54) is 19.3 Å². The lowest BCUT2D eigenvalue weighted by Crippen LogP contribution is -2.47. The number of carbonyl (C=O) groups is 2. The van der Waals surface area contributed by atoms with Crippen molar-refractivity contribution in [2.45, 2.75) is 50.8 Å².